The van der Waals surface area contributed by atoms with Crippen LogP contribution in [0, 0.1) is 12.3 Å². The average molecular weight is 124 g/mol. The Bertz CT molecular complexity index is 123. The van der Waals surface area contributed by atoms with Crippen molar-refractivity contribution in [2.24, 2.45) is 0 Å². The van der Waals surface area contributed by atoms with Gasteiger partial charge in [-0.3, -0.25) is 0 Å². The van der Waals surface area contributed by atoms with E-state index >= 15 is 0 Å². The van der Waals surface area contributed by atoms with Crippen molar-refractivity contribution in [1.82, 2.24) is 0 Å². The highest BCUT2D eigenvalue weighted by molar-refractivity contribution is 5.46. The van der Waals surface area contributed by atoms with Gasteiger partial charge in [-0.05, 0) is 0 Å². The van der Waals surface area contributed by atoms with E-state index in [2.05, 4.69) is 0 Å². The van der Waals surface area contributed by atoms with Crippen molar-refractivity contribution in [2.75, 3.05) is 0 Å². The lowest BCUT2D eigenvalue weighted by molar-refractivity contribution is 0.280. The van der Waals surface area contributed by atoms with Gasteiger partial charge in [0.25, 0.3) is 0 Å². The summed E-state index contributed by atoms with van der Waals surface area (Å²) in [5.74, 6) is -3.44. The van der Waals surface area contributed by atoms with Gasteiger partial charge in [-0.1, -0.05) is 8.78 Å². The lowest BCUT2D eigenvalue weighted by atomic mass is 10.0. The Labute approximate surface area is 42.8 Å². The van der Waals surface area contributed by atoms with Crippen molar-refractivity contribution in [3.8, 4) is 0 Å². The van der Waals surface area contributed by atoms with Gasteiger partial charge in [-0.15, -0.1) is 0 Å². The second-order valence-corrected chi connectivity index (χ2v) is 1.26. The van der Waals surface area contributed by atoms with Crippen molar-refractivity contribution in [3.63, 3.8) is 0 Å². The molecule has 4 heteroatoms. The van der Waals surface area contributed by atoms with Crippen molar-refractivity contribution in [1.29, 1.82) is 0 Å². The molecule has 0 spiro atoms. The second kappa shape index (κ2) is 1.40. The molecule has 0 aliphatic heterocycles. The van der Waals surface area contributed by atoms with Crippen LogP contribution in [-0.4, -0.2) is 0 Å². The molecule has 0 nitrogen and oxygen atoms in total. The molecule has 0 saturated heterocycles. The van der Waals surface area contributed by atoms with E-state index in [1.165, 1.54) is 0 Å². The lowest BCUT2D eigenvalue weighted by Gasteiger charge is -2.02. The SMILES string of the molecule is F[C]1C(F)=C(F)[C+]1F. The summed E-state index contributed by atoms with van der Waals surface area (Å²) in [5.41, 5.74) is 0. The third-order valence-electron chi connectivity index (χ3n) is 0.771. The van der Waals surface area contributed by atoms with Gasteiger partial charge in [-0.25, -0.2) is 0 Å². The first-order chi connectivity index (χ1) is 3.64. The van der Waals surface area contributed by atoms with Gasteiger partial charge in [0.2, 0.25) is 0 Å². The maximum absolute atomic E-state index is 11.4. The standard InChI is InChI=1S/C4F4/c5-1-2(6)4(8)3(1)7/q+1. The van der Waals surface area contributed by atoms with E-state index in [-0.39, 0.29) is 0 Å². The van der Waals surface area contributed by atoms with Crippen LogP contribution in [0.3, 0.4) is 0 Å². The van der Waals surface area contributed by atoms with Crippen molar-refractivity contribution in [3.05, 3.63) is 24.0 Å². The van der Waals surface area contributed by atoms with E-state index < -0.39 is 24.0 Å². The molecule has 1 aliphatic carbocycles. The maximum atomic E-state index is 11.4. The van der Waals surface area contributed by atoms with Crippen LogP contribution in [0.2, 0.25) is 0 Å². The van der Waals surface area contributed by atoms with Gasteiger partial charge in [0.15, 0.2) is 0 Å². The molecule has 8 heavy (non-hydrogen) atoms. The van der Waals surface area contributed by atoms with Gasteiger partial charge < -0.3 is 0 Å². The molecule has 0 amide bonds. The molecule has 0 unspecified atom stereocenters. The molecule has 0 fully saturated rings. The number of halogens is 4. The monoisotopic (exact) mass is 124 g/mol. The molecule has 1 rings (SSSR count). The van der Waals surface area contributed by atoms with Crippen LogP contribution >= 0.6 is 0 Å². The van der Waals surface area contributed by atoms with Crippen molar-refractivity contribution in [2.45, 2.75) is 0 Å². The normalized spacial score (nSPS) is 21.8. The van der Waals surface area contributed by atoms with Crippen LogP contribution in [0.5, 0.6) is 0 Å². The fourth-order valence-corrected chi connectivity index (χ4v) is 0.323. The number of allylic oxidation sites excluding steroid dienone is 2. The van der Waals surface area contributed by atoms with Gasteiger partial charge in [-0.2, -0.15) is 8.78 Å². The predicted molar refractivity (Wildman–Crippen MR) is 17.9 cm³/mol. The largest absolute Gasteiger partial charge is 0.429 e. The lowest BCUT2D eigenvalue weighted by Crippen LogP contribution is -2.14. The molecule has 0 bridgehead atoms. The van der Waals surface area contributed by atoms with E-state index in [0.29, 0.717) is 0 Å². The molecule has 0 heterocycles. The highest BCUT2D eigenvalue weighted by Crippen LogP contribution is 2.47. The van der Waals surface area contributed by atoms with Crippen LogP contribution in [0.4, 0.5) is 17.6 Å². The first-order valence-corrected chi connectivity index (χ1v) is 1.76. The summed E-state index contributed by atoms with van der Waals surface area (Å²) in [5, 5.41) is 0. The highest BCUT2D eigenvalue weighted by Gasteiger charge is 2.61. The van der Waals surface area contributed by atoms with Crippen LogP contribution in [-0.2, 0) is 0 Å². The first-order valence-electron chi connectivity index (χ1n) is 1.76. The third-order valence-corrected chi connectivity index (χ3v) is 0.771. The average Bonchev–Trinajstić information content (AvgIpc) is 1.83. The summed E-state index contributed by atoms with van der Waals surface area (Å²) >= 11 is 0. The summed E-state index contributed by atoms with van der Waals surface area (Å²) in [7, 11) is 0. The van der Waals surface area contributed by atoms with Gasteiger partial charge in [0.1, 0.15) is 0 Å². The van der Waals surface area contributed by atoms with Crippen LogP contribution in [0.25, 0.3) is 0 Å². The van der Waals surface area contributed by atoms with E-state index in [1.54, 1.807) is 0 Å². The minimum atomic E-state index is -1.72. The number of hydrogen-bond donors (Lipinski definition) is 0. The maximum Gasteiger partial charge on any atom is 0.429 e. The minimum absolute atomic E-state index is 1.72. The molecule has 1 aliphatic rings. The third kappa shape index (κ3) is 0.425. The fourth-order valence-electron chi connectivity index (χ4n) is 0.323. The Morgan fingerprint density at radius 1 is 1.12 bits per heavy atom. The Morgan fingerprint density at radius 2 is 1.62 bits per heavy atom. The Hall–Kier alpha value is -0.670. The Kier molecular flexibility index (Phi) is 0.957. The van der Waals surface area contributed by atoms with Gasteiger partial charge >= 0.3 is 24.0 Å². The smallest absolute Gasteiger partial charge is 0.172 e. The van der Waals surface area contributed by atoms with E-state index in [4.69, 9.17) is 0 Å². The van der Waals surface area contributed by atoms with Crippen molar-refractivity contribution >= 4 is 0 Å². The van der Waals surface area contributed by atoms with Crippen LogP contribution < -0.4 is 0 Å². The first kappa shape index (κ1) is 5.47. The summed E-state index contributed by atoms with van der Waals surface area (Å²) in [6.45, 7) is 0. The molecule has 0 aromatic carbocycles. The molecule has 0 saturated carbocycles. The Morgan fingerprint density at radius 3 is 1.75 bits per heavy atom. The summed E-state index contributed by atoms with van der Waals surface area (Å²) in [4.78, 5) is 0. The molecule has 0 atom stereocenters. The quantitative estimate of drug-likeness (QED) is 0.343. The van der Waals surface area contributed by atoms with Crippen molar-refractivity contribution < 1.29 is 17.6 Å². The predicted octanol–water partition coefficient (Wildman–Crippen LogP) is 2.15. The molecular weight excluding hydrogens is 124 g/mol. The topological polar surface area (TPSA) is 0 Å². The van der Waals surface area contributed by atoms with Crippen LogP contribution in [0.15, 0.2) is 11.7 Å². The molecule has 0 N–H and O–H groups in total. The number of hydrogen-bond acceptors (Lipinski definition) is 0. The molecule has 43 valence electrons. The summed E-state index contributed by atoms with van der Waals surface area (Å²) in [6.07, 6.45) is -3.44. The zero-order chi connectivity index (χ0) is 6.31. The molecule has 1 radical (unpaired) electrons. The zero-order valence-corrected chi connectivity index (χ0v) is 3.51. The Balaban J connectivity index is 2.74. The number of rotatable bonds is 0. The fraction of sp³-hybridized carbons (Fsp3) is 0. The highest BCUT2D eigenvalue weighted by atomic mass is 19.2. The van der Waals surface area contributed by atoms with E-state index in [1.807, 2.05) is 0 Å². The minimum Gasteiger partial charge on any atom is -0.172 e. The second-order valence-electron chi connectivity index (χ2n) is 1.26. The molecule has 0 aromatic rings. The zero-order valence-electron chi connectivity index (χ0n) is 3.51. The van der Waals surface area contributed by atoms with Crippen LogP contribution in [0.1, 0.15) is 0 Å². The van der Waals surface area contributed by atoms with Gasteiger partial charge in [0.05, 0.1) is 0 Å². The molecular formula is C4F4+. The summed E-state index contributed by atoms with van der Waals surface area (Å²) < 4.78 is 45.5. The van der Waals surface area contributed by atoms with Gasteiger partial charge in [0, 0.05) is 0 Å². The van der Waals surface area contributed by atoms with E-state index in [9.17, 15) is 17.6 Å². The van der Waals surface area contributed by atoms with E-state index in [0.717, 1.165) is 0 Å². The molecule has 0 aromatic heterocycles. The summed E-state index contributed by atoms with van der Waals surface area (Å²) in [6, 6.07) is 0.